The number of pyridine rings is 1. The van der Waals surface area contributed by atoms with Gasteiger partial charge < -0.3 is 15.1 Å². The molecule has 2 N–H and O–H groups in total. The molecule has 0 aliphatic heterocycles. The number of carboxylic acid groups (broad SMARTS) is 1. The van der Waals surface area contributed by atoms with Crippen LogP contribution in [-0.2, 0) is 6.54 Å². The van der Waals surface area contributed by atoms with Gasteiger partial charge in [0, 0.05) is 19.8 Å². The fourth-order valence-electron chi connectivity index (χ4n) is 1.86. The molecule has 0 bridgehead atoms. The third kappa shape index (κ3) is 3.56. The van der Waals surface area contributed by atoms with E-state index in [1.807, 2.05) is 0 Å². The highest BCUT2D eigenvalue weighted by atomic mass is 16.4. The summed E-state index contributed by atoms with van der Waals surface area (Å²) >= 11 is 0. The van der Waals surface area contributed by atoms with Crippen molar-refractivity contribution in [2.45, 2.75) is 6.54 Å². The Morgan fingerprint density at radius 1 is 1.14 bits per heavy atom. The van der Waals surface area contributed by atoms with Crippen LogP contribution in [0.2, 0.25) is 0 Å². The lowest BCUT2D eigenvalue weighted by atomic mass is 10.1. The molecule has 1 aromatic carbocycles. The molecule has 108 valence electrons. The first-order chi connectivity index (χ1) is 9.97. The van der Waals surface area contributed by atoms with Crippen LogP contribution in [0.25, 0.3) is 0 Å². The fourth-order valence-corrected chi connectivity index (χ4v) is 1.86. The molecule has 1 amide bonds. The number of rotatable bonds is 4. The zero-order chi connectivity index (χ0) is 15.4. The van der Waals surface area contributed by atoms with Gasteiger partial charge in [0.2, 0.25) is 0 Å². The van der Waals surface area contributed by atoms with E-state index in [0.29, 0.717) is 12.1 Å². The molecule has 2 rings (SSSR count). The third-order valence-corrected chi connectivity index (χ3v) is 2.94. The van der Waals surface area contributed by atoms with E-state index in [9.17, 15) is 14.7 Å². The maximum atomic E-state index is 12.2. The second kappa shape index (κ2) is 6.04. The number of carbonyl (C=O) groups excluding carboxylic acids is 1. The molecule has 0 atom stereocenters. The lowest BCUT2D eigenvalue weighted by molar-refractivity contribution is 0.0695. The smallest absolute Gasteiger partial charge is 0.335 e. The summed E-state index contributed by atoms with van der Waals surface area (Å²) in [6.45, 7) is 0.328. The highest BCUT2D eigenvalue weighted by molar-refractivity contribution is 5.94. The Labute approximate surface area is 121 Å². The second-order valence-electron chi connectivity index (χ2n) is 4.60. The van der Waals surface area contributed by atoms with E-state index >= 15 is 0 Å². The minimum Gasteiger partial charge on any atom is -0.506 e. The predicted octanol–water partition coefficient (Wildman–Crippen LogP) is 1.76. The SMILES string of the molecule is CN(Cc1ccc(C(=O)O)cc1)C(=O)c1cncc(O)c1. The van der Waals surface area contributed by atoms with Crippen LogP contribution in [0.1, 0.15) is 26.3 Å². The second-order valence-corrected chi connectivity index (χ2v) is 4.60. The standard InChI is InChI=1S/C15H14N2O4/c1-17(14(19)12-6-13(18)8-16-7-12)9-10-2-4-11(5-3-10)15(20)21/h2-8,18H,9H2,1H3,(H,20,21). The van der Waals surface area contributed by atoms with E-state index in [0.717, 1.165) is 5.56 Å². The Balaban J connectivity index is 2.08. The first-order valence-electron chi connectivity index (χ1n) is 6.19. The molecule has 0 radical (unpaired) electrons. The van der Waals surface area contributed by atoms with Gasteiger partial charge in [-0.05, 0) is 23.8 Å². The average molecular weight is 286 g/mol. The van der Waals surface area contributed by atoms with Crippen LogP contribution in [0.15, 0.2) is 42.7 Å². The molecule has 0 aliphatic rings. The van der Waals surface area contributed by atoms with Gasteiger partial charge >= 0.3 is 5.97 Å². The molecule has 0 saturated carbocycles. The van der Waals surface area contributed by atoms with Crippen LogP contribution < -0.4 is 0 Å². The van der Waals surface area contributed by atoms with Crippen LogP contribution in [0.4, 0.5) is 0 Å². The Bertz CT molecular complexity index is 668. The van der Waals surface area contributed by atoms with Crippen molar-refractivity contribution in [3.05, 3.63) is 59.4 Å². The number of carboxylic acids is 1. The van der Waals surface area contributed by atoms with Gasteiger partial charge in [0.05, 0.1) is 17.3 Å². The van der Waals surface area contributed by atoms with Crippen molar-refractivity contribution >= 4 is 11.9 Å². The maximum Gasteiger partial charge on any atom is 0.335 e. The normalized spacial score (nSPS) is 10.1. The molecule has 2 aromatic rings. The summed E-state index contributed by atoms with van der Waals surface area (Å²) in [6.07, 6.45) is 2.63. The first-order valence-corrected chi connectivity index (χ1v) is 6.19. The van der Waals surface area contributed by atoms with Gasteiger partial charge in [-0.15, -0.1) is 0 Å². The number of nitrogens with zero attached hydrogens (tertiary/aromatic N) is 2. The summed E-state index contributed by atoms with van der Waals surface area (Å²) in [5.74, 6) is -1.34. The molecule has 0 fully saturated rings. The monoisotopic (exact) mass is 286 g/mol. The van der Waals surface area contributed by atoms with Crippen LogP contribution in [0.5, 0.6) is 5.75 Å². The van der Waals surface area contributed by atoms with Crippen molar-refractivity contribution in [2.75, 3.05) is 7.05 Å². The molecule has 21 heavy (non-hydrogen) atoms. The number of hydrogen-bond acceptors (Lipinski definition) is 4. The zero-order valence-electron chi connectivity index (χ0n) is 11.4. The van der Waals surface area contributed by atoms with E-state index < -0.39 is 5.97 Å². The van der Waals surface area contributed by atoms with Gasteiger partial charge in [-0.3, -0.25) is 9.78 Å². The molecule has 0 saturated heterocycles. The topological polar surface area (TPSA) is 90.7 Å². The minimum absolute atomic E-state index is 0.0694. The van der Waals surface area contributed by atoms with Crippen LogP contribution >= 0.6 is 0 Å². The fraction of sp³-hybridized carbons (Fsp3) is 0.133. The predicted molar refractivity (Wildman–Crippen MR) is 75.1 cm³/mol. The lowest BCUT2D eigenvalue weighted by Crippen LogP contribution is -2.26. The molecular weight excluding hydrogens is 272 g/mol. The Morgan fingerprint density at radius 3 is 2.38 bits per heavy atom. The largest absolute Gasteiger partial charge is 0.506 e. The highest BCUT2D eigenvalue weighted by Gasteiger charge is 2.13. The first kappa shape index (κ1) is 14.5. The maximum absolute atomic E-state index is 12.2. The summed E-state index contributed by atoms with van der Waals surface area (Å²) in [5, 5.41) is 18.2. The number of carbonyl (C=O) groups is 2. The van der Waals surface area contributed by atoms with Crippen molar-refractivity contribution in [3.63, 3.8) is 0 Å². The van der Waals surface area contributed by atoms with Crippen molar-refractivity contribution < 1.29 is 19.8 Å². The van der Waals surface area contributed by atoms with E-state index in [2.05, 4.69) is 4.98 Å². The van der Waals surface area contributed by atoms with Crippen molar-refractivity contribution in [1.29, 1.82) is 0 Å². The van der Waals surface area contributed by atoms with Gasteiger partial charge in [-0.25, -0.2) is 4.79 Å². The number of benzene rings is 1. The lowest BCUT2D eigenvalue weighted by Gasteiger charge is -2.17. The molecule has 1 aromatic heterocycles. The van der Waals surface area contributed by atoms with Gasteiger partial charge in [-0.2, -0.15) is 0 Å². The van der Waals surface area contributed by atoms with E-state index in [-0.39, 0.29) is 17.2 Å². The Kier molecular flexibility index (Phi) is 4.18. The summed E-state index contributed by atoms with van der Waals surface area (Å²) in [5.41, 5.74) is 1.30. The number of aromatic carboxylic acids is 1. The van der Waals surface area contributed by atoms with Crippen LogP contribution in [0.3, 0.4) is 0 Å². The van der Waals surface area contributed by atoms with Crippen molar-refractivity contribution in [3.8, 4) is 5.75 Å². The average Bonchev–Trinajstić information content (AvgIpc) is 2.47. The number of hydrogen-bond donors (Lipinski definition) is 2. The van der Waals surface area contributed by atoms with Crippen LogP contribution in [-0.4, -0.2) is 39.0 Å². The van der Waals surface area contributed by atoms with Gasteiger partial charge in [0.1, 0.15) is 5.75 Å². The molecule has 0 spiro atoms. The van der Waals surface area contributed by atoms with Crippen molar-refractivity contribution in [2.24, 2.45) is 0 Å². The highest BCUT2D eigenvalue weighted by Crippen LogP contribution is 2.13. The van der Waals surface area contributed by atoms with Crippen molar-refractivity contribution in [1.82, 2.24) is 9.88 Å². The Morgan fingerprint density at radius 2 is 1.81 bits per heavy atom. The minimum atomic E-state index is -0.989. The van der Waals surface area contributed by atoms with E-state index in [4.69, 9.17) is 5.11 Å². The molecular formula is C15H14N2O4. The van der Waals surface area contributed by atoms with E-state index in [1.165, 1.54) is 35.5 Å². The van der Waals surface area contributed by atoms with Crippen LogP contribution in [0, 0.1) is 0 Å². The molecule has 6 heteroatoms. The van der Waals surface area contributed by atoms with Gasteiger partial charge in [0.15, 0.2) is 0 Å². The Hall–Kier alpha value is -2.89. The number of amides is 1. The summed E-state index contributed by atoms with van der Waals surface area (Å²) in [6, 6.07) is 7.65. The third-order valence-electron chi connectivity index (χ3n) is 2.94. The summed E-state index contributed by atoms with van der Waals surface area (Å²) in [4.78, 5) is 28.1. The van der Waals surface area contributed by atoms with E-state index in [1.54, 1.807) is 19.2 Å². The van der Waals surface area contributed by atoms with Gasteiger partial charge in [-0.1, -0.05) is 12.1 Å². The molecule has 0 aliphatic carbocycles. The zero-order valence-corrected chi connectivity index (χ0v) is 11.4. The molecule has 1 heterocycles. The quantitative estimate of drug-likeness (QED) is 0.893. The van der Waals surface area contributed by atoms with Gasteiger partial charge in [0.25, 0.3) is 5.91 Å². The molecule has 0 unspecified atom stereocenters. The number of aromatic nitrogens is 1. The summed E-state index contributed by atoms with van der Waals surface area (Å²) < 4.78 is 0. The summed E-state index contributed by atoms with van der Waals surface area (Å²) in [7, 11) is 1.62. The molecule has 6 nitrogen and oxygen atoms in total. The number of aromatic hydroxyl groups is 1.